The van der Waals surface area contributed by atoms with Crippen molar-refractivity contribution in [1.82, 2.24) is 0 Å². The van der Waals surface area contributed by atoms with E-state index in [-0.39, 0.29) is 18.9 Å². The van der Waals surface area contributed by atoms with Gasteiger partial charge in [0.25, 0.3) is 0 Å². The second kappa shape index (κ2) is 7.58. The SMILES string of the molecule is CC(=CCC(C)C#N)C(=O)OCCC#N. The van der Waals surface area contributed by atoms with Crippen molar-refractivity contribution in [2.45, 2.75) is 26.7 Å². The zero-order chi connectivity index (χ0) is 11.7. The molecular weight excluding hydrogens is 192 g/mol. The second-order valence-corrected chi connectivity index (χ2v) is 3.20. The molecule has 0 bridgehead atoms. The van der Waals surface area contributed by atoms with Crippen molar-refractivity contribution in [2.75, 3.05) is 6.61 Å². The number of hydrogen-bond acceptors (Lipinski definition) is 4. The predicted octanol–water partition coefficient (Wildman–Crippen LogP) is 1.94. The number of ether oxygens (including phenoxy) is 1. The predicted molar refractivity (Wildman–Crippen MR) is 54.3 cm³/mol. The normalized spacial score (nSPS) is 12.4. The van der Waals surface area contributed by atoms with Crippen LogP contribution in [0.2, 0.25) is 0 Å². The molecule has 1 unspecified atom stereocenters. The van der Waals surface area contributed by atoms with Crippen molar-refractivity contribution in [2.24, 2.45) is 5.92 Å². The summed E-state index contributed by atoms with van der Waals surface area (Å²) in [5.74, 6) is -0.526. The molecule has 4 heteroatoms. The van der Waals surface area contributed by atoms with Crippen LogP contribution in [0.5, 0.6) is 0 Å². The average molecular weight is 206 g/mol. The number of hydrogen-bond donors (Lipinski definition) is 0. The maximum Gasteiger partial charge on any atom is 0.333 e. The molecule has 0 aliphatic rings. The summed E-state index contributed by atoms with van der Waals surface area (Å²) in [5, 5.41) is 16.8. The molecule has 15 heavy (non-hydrogen) atoms. The summed E-state index contributed by atoms with van der Waals surface area (Å²) in [4.78, 5) is 11.2. The smallest absolute Gasteiger partial charge is 0.333 e. The van der Waals surface area contributed by atoms with Crippen LogP contribution in [-0.2, 0) is 9.53 Å². The van der Waals surface area contributed by atoms with Crippen molar-refractivity contribution in [3.8, 4) is 12.1 Å². The molecule has 0 aliphatic carbocycles. The molecule has 80 valence electrons. The van der Waals surface area contributed by atoms with Crippen LogP contribution in [0.3, 0.4) is 0 Å². The first-order valence-corrected chi connectivity index (χ1v) is 4.72. The summed E-state index contributed by atoms with van der Waals surface area (Å²) >= 11 is 0. The van der Waals surface area contributed by atoms with Gasteiger partial charge in [0.05, 0.1) is 18.6 Å². The maximum atomic E-state index is 11.2. The molecule has 0 rings (SSSR count). The second-order valence-electron chi connectivity index (χ2n) is 3.20. The van der Waals surface area contributed by atoms with Crippen LogP contribution in [0.4, 0.5) is 0 Å². The number of esters is 1. The molecule has 0 aromatic heterocycles. The van der Waals surface area contributed by atoms with Crippen molar-refractivity contribution in [3.05, 3.63) is 11.6 Å². The summed E-state index contributed by atoms with van der Waals surface area (Å²) in [5.41, 5.74) is 0.482. The van der Waals surface area contributed by atoms with E-state index in [9.17, 15) is 4.79 Å². The molecule has 0 N–H and O–H groups in total. The number of carbonyl (C=O) groups is 1. The zero-order valence-electron chi connectivity index (χ0n) is 8.99. The first-order chi connectivity index (χ1) is 7.11. The van der Waals surface area contributed by atoms with E-state index in [1.54, 1.807) is 19.9 Å². The zero-order valence-corrected chi connectivity index (χ0v) is 8.99. The number of rotatable bonds is 5. The first-order valence-electron chi connectivity index (χ1n) is 4.72. The molecular formula is C11H14N2O2. The molecule has 0 spiro atoms. The van der Waals surface area contributed by atoms with Gasteiger partial charge in [0.15, 0.2) is 0 Å². The summed E-state index contributed by atoms with van der Waals surface area (Å²) in [6.45, 7) is 3.54. The molecule has 0 aliphatic heterocycles. The third kappa shape index (κ3) is 6.29. The fourth-order valence-corrected chi connectivity index (χ4v) is 0.793. The van der Waals surface area contributed by atoms with Gasteiger partial charge in [-0.3, -0.25) is 0 Å². The van der Waals surface area contributed by atoms with Gasteiger partial charge >= 0.3 is 5.97 Å². The molecule has 4 nitrogen and oxygen atoms in total. The van der Waals surface area contributed by atoms with E-state index in [0.717, 1.165) is 0 Å². The minimum Gasteiger partial charge on any atom is -0.461 e. The van der Waals surface area contributed by atoms with Gasteiger partial charge in [-0.05, 0) is 20.3 Å². The molecule has 0 aromatic rings. The summed E-state index contributed by atoms with van der Waals surface area (Å²) in [6.07, 6.45) is 2.42. The van der Waals surface area contributed by atoms with Crippen LogP contribution < -0.4 is 0 Å². The Morgan fingerprint density at radius 2 is 2.20 bits per heavy atom. The lowest BCUT2D eigenvalue weighted by Crippen LogP contribution is -2.07. The Labute approximate surface area is 89.8 Å². The monoisotopic (exact) mass is 206 g/mol. The van der Waals surface area contributed by atoms with E-state index in [2.05, 4.69) is 6.07 Å². The van der Waals surface area contributed by atoms with E-state index in [4.69, 9.17) is 15.3 Å². The lowest BCUT2D eigenvalue weighted by Gasteiger charge is -2.02. The molecule has 0 aromatic carbocycles. The molecule has 0 saturated heterocycles. The fraction of sp³-hybridized carbons (Fsp3) is 0.545. The van der Waals surface area contributed by atoms with Crippen LogP contribution in [0, 0.1) is 28.6 Å². The first kappa shape index (κ1) is 13.2. The number of allylic oxidation sites excluding steroid dienone is 1. The number of nitriles is 2. The van der Waals surface area contributed by atoms with Crippen molar-refractivity contribution < 1.29 is 9.53 Å². The van der Waals surface area contributed by atoms with Crippen molar-refractivity contribution in [1.29, 1.82) is 10.5 Å². The van der Waals surface area contributed by atoms with Gasteiger partial charge in [0.2, 0.25) is 0 Å². The molecule has 0 amide bonds. The standard InChI is InChI=1S/C11H14N2O2/c1-9(8-13)4-5-10(2)11(14)15-7-3-6-12/h5,9H,3-4,7H2,1-2H3. The molecule has 0 saturated carbocycles. The van der Waals surface area contributed by atoms with Gasteiger partial charge < -0.3 is 4.74 Å². The number of nitrogens with zero attached hydrogens (tertiary/aromatic N) is 2. The van der Waals surface area contributed by atoms with E-state index in [0.29, 0.717) is 12.0 Å². The lowest BCUT2D eigenvalue weighted by molar-refractivity contribution is -0.138. The minimum atomic E-state index is -0.421. The van der Waals surface area contributed by atoms with Gasteiger partial charge in [-0.2, -0.15) is 10.5 Å². The Hall–Kier alpha value is -1.81. The number of carbonyl (C=O) groups excluding carboxylic acids is 1. The van der Waals surface area contributed by atoms with Gasteiger partial charge in [-0.1, -0.05) is 6.08 Å². The highest BCUT2D eigenvalue weighted by atomic mass is 16.5. The highest BCUT2D eigenvalue weighted by Gasteiger charge is 2.05. The van der Waals surface area contributed by atoms with Crippen LogP contribution in [0.1, 0.15) is 26.7 Å². The largest absolute Gasteiger partial charge is 0.461 e. The van der Waals surface area contributed by atoms with E-state index in [1.165, 1.54) is 0 Å². The summed E-state index contributed by atoms with van der Waals surface area (Å²) in [7, 11) is 0. The van der Waals surface area contributed by atoms with Crippen molar-refractivity contribution in [3.63, 3.8) is 0 Å². The highest BCUT2D eigenvalue weighted by molar-refractivity contribution is 5.87. The summed E-state index contributed by atoms with van der Waals surface area (Å²) < 4.78 is 4.80. The minimum absolute atomic E-state index is 0.105. The Morgan fingerprint density at radius 1 is 1.53 bits per heavy atom. The third-order valence-electron chi connectivity index (χ3n) is 1.77. The van der Waals surface area contributed by atoms with Crippen LogP contribution in [-0.4, -0.2) is 12.6 Å². The lowest BCUT2D eigenvalue weighted by atomic mass is 10.1. The van der Waals surface area contributed by atoms with Crippen molar-refractivity contribution >= 4 is 5.97 Å². The Kier molecular flexibility index (Phi) is 6.67. The van der Waals surface area contributed by atoms with Crippen LogP contribution in [0.15, 0.2) is 11.6 Å². The van der Waals surface area contributed by atoms with E-state index in [1.807, 2.05) is 6.07 Å². The third-order valence-corrected chi connectivity index (χ3v) is 1.77. The fourth-order valence-electron chi connectivity index (χ4n) is 0.793. The molecule has 0 fully saturated rings. The topological polar surface area (TPSA) is 73.9 Å². The maximum absolute atomic E-state index is 11.2. The van der Waals surface area contributed by atoms with E-state index < -0.39 is 5.97 Å². The van der Waals surface area contributed by atoms with Crippen LogP contribution in [0.25, 0.3) is 0 Å². The Bertz CT molecular complexity index is 320. The molecule has 0 radical (unpaired) electrons. The summed E-state index contributed by atoms with van der Waals surface area (Å²) in [6, 6.07) is 3.95. The quantitative estimate of drug-likeness (QED) is 0.391. The van der Waals surface area contributed by atoms with Gasteiger partial charge in [-0.15, -0.1) is 0 Å². The van der Waals surface area contributed by atoms with Gasteiger partial charge in [-0.25, -0.2) is 4.79 Å². The molecule has 0 heterocycles. The highest BCUT2D eigenvalue weighted by Crippen LogP contribution is 2.05. The van der Waals surface area contributed by atoms with Crippen LogP contribution >= 0.6 is 0 Å². The van der Waals surface area contributed by atoms with Gasteiger partial charge in [0.1, 0.15) is 6.61 Å². The Morgan fingerprint density at radius 3 is 2.73 bits per heavy atom. The van der Waals surface area contributed by atoms with E-state index >= 15 is 0 Å². The average Bonchev–Trinajstić information content (AvgIpc) is 2.25. The molecule has 1 atom stereocenters. The van der Waals surface area contributed by atoms with Gasteiger partial charge in [0, 0.05) is 11.5 Å². The Balaban J connectivity index is 3.99.